The summed E-state index contributed by atoms with van der Waals surface area (Å²) in [5.41, 5.74) is 2.21. The van der Waals surface area contributed by atoms with Gasteiger partial charge in [-0.15, -0.1) is 0 Å². The summed E-state index contributed by atoms with van der Waals surface area (Å²) in [6.45, 7) is 6.80. The lowest BCUT2D eigenvalue weighted by molar-refractivity contribution is -0.192. The second-order valence-electron chi connectivity index (χ2n) is 9.57. The lowest BCUT2D eigenvalue weighted by Gasteiger charge is -2.38. The fourth-order valence-corrected chi connectivity index (χ4v) is 5.03. The van der Waals surface area contributed by atoms with Crippen LogP contribution in [0, 0.1) is 12.3 Å². The number of carboxylic acid groups (broad SMARTS) is 1. The van der Waals surface area contributed by atoms with Crippen molar-refractivity contribution in [1.29, 1.82) is 0 Å². The molecule has 1 unspecified atom stereocenters. The van der Waals surface area contributed by atoms with E-state index >= 15 is 0 Å². The number of hydrogen-bond donors (Lipinski definition) is 2. The Morgan fingerprint density at radius 3 is 2.32 bits per heavy atom. The maximum atomic E-state index is 12.7. The van der Waals surface area contributed by atoms with E-state index in [0.717, 1.165) is 64.0 Å². The van der Waals surface area contributed by atoms with Gasteiger partial charge in [-0.1, -0.05) is 17.7 Å². The number of carbonyl (C=O) groups excluding carboxylic acids is 1. The van der Waals surface area contributed by atoms with Crippen LogP contribution >= 0.6 is 0 Å². The van der Waals surface area contributed by atoms with Gasteiger partial charge in [-0.05, 0) is 63.1 Å². The first-order chi connectivity index (χ1) is 16.0. The van der Waals surface area contributed by atoms with Crippen molar-refractivity contribution in [2.45, 2.75) is 57.3 Å². The first-order valence-electron chi connectivity index (χ1n) is 11.7. The molecule has 3 heterocycles. The summed E-state index contributed by atoms with van der Waals surface area (Å²) in [6, 6.07) is 8.20. The van der Waals surface area contributed by atoms with Gasteiger partial charge in [-0.2, -0.15) is 13.2 Å². The Balaban J connectivity index is 0.000000406. The molecule has 0 aliphatic carbocycles. The lowest BCUT2D eigenvalue weighted by atomic mass is 9.76. The van der Waals surface area contributed by atoms with Crippen molar-refractivity contribution in [3.05, 3.63) is 35.4 Å². The minimum atomic E-state index is -5.08. The molecule has 2 atom stereocenters. The molecule has 3 saturated heterocycles. The van der Waals surface area contributed by atoms with Crippen LogP contribution in [0.1, 0.15) is 48.0 Å². The van der Waals surface area contributed by atoms with Gasteiger partial charge in [0.25, 0.3) is 5.91 Å². The van der Waals surface area contributed by atoms with Crippen molar-refractivity contribution in [2.75, 3.05) is 39.4 Å². The third-order valence-electron chi connectivity index (χ3n) is 7.09. The van der Waals surface area contributed by atoms with E-state index in [2.05, 4.69) is 4.90 Å². The maximum absolute atomic E-state index is 12.7. The zero-order valence-corrected chi connectivity index (χ0v) is 19.4. The van der Waals surface area contributed by atoms with Crippen molar-refractivity contribution in [2.24, 2.45) is 5.41 Å². The van der Waals surface area contributed by atoms with E-state index in [-0.39, 0.29) is 24.0 Å². The van der Waals surface area contributed by atoms with E-state index in [4.69, 9.17) is 14.6 Å². The molecule has 1 amide bonds. The van der Waals surface area contributed by atoms with Gasteiger partial charge in [0.1, 0.15) is 0 Å². The minimum Gasteiger partial charge on any atom is -0.475 e. The maximum Gasteiger partial charge on any atom is 0.490 e. The number of hydrogen-bond acceptors (Lipinski definition) is 5. The van der Waals surface area contributed by atoms with Gasteiger partial charge >= 0.3 is 12.1 Å². The van der Waals surface area contributed by atoms with Crippen LogP contribution < -0.4 is 0 Å². The first kappa shape index (κ1) is 26.4. The van der Waals surface area contributed by atoms with Crippen LogP contribution in [0.5, 0.6) is 0 Å². The molecule has 34 heavy (non-hydrogen) atoms. The van der Waals surface area contributed by atoms with Gasteiger partial charge in [0.2, 0.25) is 0 Å². The number of aryl methyl sites for hydroxylation is 1. The highest BCUT2D eigenvalue weighted by atomic mass is 19.4. The number of aliphatic hydroxyl groups is 1. The number of halogens is 3. The molecule has 1 aromatic carbocycles. The predicted molar refractivity (Wildman–Crippen MR) is 118 cm³/mol. The van der Waals surface area contributed by atoms with E-state index in [0.29, 0.717) is 6.04 Å². The number of aliphatic carboxylic acids is 1. The van der Waals surface area contributed by atoms with E-state index in [1.165, 1.54) is 12.0 Å². The smallest absolute Gasteiger partial charge is 0.475 e. The van der Waals surface area contributed by atoms with E-state index < -0.39 is 12.1 Å². The second kappa shape index (κ2) is 11.0. The highest BCUT2D eigenvalue weighted by Crippen LogP contribution is 2.42. The van der Waals surface area contributed by atoms with Crippen LogP contribution in [0.25, 0.3) is 0 Å². The summed E-state index contributed by atoms with van der Waals surface area (Å²) < 4.78 is 37.9. The molecular formula is C24H33F3N2O5. The zero-order chi connectivity index (χ0) is 24.9. The lowest BCUT2D eigenvalue weighted by Crippen LogP contribution is -2.44. The topological polar surface area (TPSA) is 90.3 Å². The molecule has 190 valence electrons. The zero-order valence-electron chi connectivity index (χ0n) is 19.4. The van der Waals surface area contributed by atoms with E-state index in [1.807, 2.05) is 36.1 Å². The van der Waals surface area contributed by atoms with Gasteiger partial charge in [0, 0.05) is 31.2 Å². The first-order valence-corrected chi connectivity index (χ1v) is 11.7. The Labute approximate surface area is 197 Å². The molecule has 4 rings (SSSR count). The molecule has 0 bridgehead atoms. The molecule has 0 saturated carbocycles. The average Bonchev–Trinajstić information content (AvgIpc) is 3.41. The Hall–Kier alpha value is -2.17. The molecule has 0 aromatic heterocycles. The monoisotopic (exact) mass is 486 g/mol. The van der Waals surface area contributed by atoms with Crippen molar-refractivity contribution < 1.29 is 37.7 Å². The van der Waals surface area contributed by atoms with Gasteiger partial charge in [0.05, 0.1) is 19.3 Å². The summed E-state index contributed by atoms with van der Waals surface area (Å²) in [7, 11) is 0. The molecule has 2 N–H and O–H groups in total. The molecule has 0 radical (unpaired) electrons. The van der Waals surface area contributed by atoms with E-state index in [9.17, 15) is 23.1 Å². The van der Waals surface area contributed by atoms with Crippen LogP contribution in [-0.4, -0.2) is 89.6 Å². The standard InChI is InChI=1S/C22H32N2O3.C2HF3O2/c1-17-4-6-18(7-5-17)21(26)23-11-8-22(9-12-23)13-20(27-16-22)14-24-10-2-3-19(24)15-25;3-2(4,5)1(6)7/h4-7,19-20,25H,2-3,8-16H2,1H3;(H,6,7)/t19-,20?;/m0./s1. The van der Waals surface area contributed by atoms with Crippen molar-refractivity contribution in [3.63, 3.8) is 0 Å². The number of nitrogens with zero attached hydrogens (tertiary/aromatic N) is 2. The molecular weight excluding hydrogens is 453 g/mol. The highest BCUT2D eigenvalue weighted by Gasteiger charge is 2.44. The summed E-state index contributed by atoms with van der Waals surface area (Å²) in [5.74, 6) is -2.60. The van der Waals surface area contributed by atoms with E-state index in [1.54, 1.807) is 0 Å². The summed E-state index contributed by atoms with van der Waals surface area (Å²) in [6.07, 6.45) is 0.629. The number of piperidine rings is 1. The number of benzene rings is 1. The van der Waals surface area contributed by atoms with Crippen LogP contribution in [0.2, 0.25) is 0 Å². The Morgan fingerprint density at radius 2 is 1.76 bits per heavy atom. The van der Waals surface area contributed by atoms with Crippen LogP contribution in [0.3, 0.4) is 0 Å². The molecule has 10 heteroatoms. The number of likely N-dealkylation sites (tertiary alicyclic amines) is 2. The van der Waals surface area contributed by atoms with Gasteiger partial charge in [-0.3, -0.25) is 9.69 Å². The van der Waals surface area contributed by atoms with Crippen LogP contribution in [-0.2, 0) is 9.53 Å². The number of alkyl halides is 3. The molecule has 1 spiro atoms. The Kier molecular flexibility index (Phi) is 8.59. The number of carbonyl (C=O) groups is 2. The van der Waals surface area contributed by atoms with Crippen LogP contribution in [0.15, 0.2) is 24.3 Å². The number of rotatable bonds is 4. The molecule has 1 aromatic rings. The van der Waals surface area contributed by atoms with Gasteiger partial charge in [0.15, 0.2) is 0 Å². The van der Waals surface area contributed by atoms with Gasteiger partial charge in [-0.25, -0.2) is 4.79 Å². The molecule has 7 nitrogen and oxygen atoms in total. The largest absolute Gasteiger partial charge is 0.490 e. The highest BCUT2D eigenvalue weighted by molar-refractivity contribution is 5.94. The third kappa shape index (κ3) is 6.70. The predicted octanol–water partition coefficient (Wildman–Crippen LogP) is 3.10. The van der Waals surface area contributed by atoms with Crippen molar-refractivity contribution in [1.82, 2.24) is 9.80 Å². The molecule has 3 fully saturated rings. The third-order valence-corrected chi connectivity index (χ3v) is 7.09. The quantitative estimate of drug-likeness (QED) is 0.680. The molecule has 3 aliphatic heterocycles. The fraction of sp³-hybridized carbons (Fsp3) is 0.667. The van der Waals surface area contributed by atoms with Crippen molar-refractivity contribution >= 4 is 11.9 Å². The Bertz CT molecular complexity index is 838. The number of aliphatic hydroxyl groups excluding tert-OH is 1. The number of carboxylic acids is 1. The number of amides is 1. The normalized spacial score (nSPS) is 24.7. The SMILES string of the molecule is Cc1ccc(C(=O)N2CCC3(CC2)COC(CN2CCC[C@H]2CO)C3)cc1.O=C(O)C(F)(F)F. The summed E-state index contributed by atoms with van der Waals surface area (Å²) in [4.78, 5) is 26.0. The fourth-order valence-electron chi connectivity index (χ4n) is 5.03. The van der Waals surface area contributed by atoms with Crippen LogP contribution in [0.4, 0.5) is 13.2 Å². The van der Waals surface area contributed by atoms with Gasteiger partial charge < -0.3 is 19.8 Å². The average molecular weight is 487 g/mol. The minimum absolute atomic E-state index is 0.156. The second-order valence-corrected chi connectivity index (χ2v) is 9.57. The molecule has 3 aliphatic rings. The summed E-state index contributed by atoms with van der Waals surface area (Å²) >= 11 is 0. The number of ether oxygens (including phenoxy) is 1. The summed E-state index contributed by atoms with van der Waals surface area (Å²) in [5, 5.41) is 16.6. The van der Waals surface area contributed by atoms with Crippen molar-refractivity contribution in [3.8, 4) is 0 Å². The Morgan fingerprint density at radius 1 is 1.15 bits per heavy atom.